The van der Waals surface area contributed by atoms with Gasteiger partial charge >= 0.3 is 0 Å². The SMILES string of the molecule is Cc1ccc(C)c([C@@H](C)NS(=O)C(C)(C)C)c1. The number of benzene rings is 1. The van der Waals surface area contributed by atoms with Gasteiger partial charge in [0.2, 0.25) is 0 Å². The van der Waals surface area contributed by atoms with E-state index in [0.717, 1.165) is 0 Å². The van der Waals surface area contributed by atoms with Gasteiger partial charge in [-0.15, -0.1) is 0 Å². The molecular formula is C14H23NOS. The van der Waals surface area contributed by atoms with E-state index in [1.807, 2.05) is 20.8 Å². The van der Waals surface area contributed by atoms with Crippen LogP contribution in [-0.2, 0) is 11.0 Å². The molecule has 0 aliphatic heterocycles. The first-order valence-corrected chi connectivity index (χ1v) is 7.12. The lowest BCUT2D eigenvalue weighted by Gasteiger charge is -2.23. The molecule has 0 radical (unpaired) electrons. The molecule has 0 heterocycles. The Morgan fingerprint density at radius 3 is 2.35 bits per heavy atom. The Morgan fingerprint density at radius 1 is 1.24 bits per heavy atom. The average Bonchev–Trinajstić information content (AvgIpc) is 2.20. The van der Waals surface area contributed by atoms with E-state index in [4.69, 9.17) is 0 Å². The van der Waals surface area contributed by atoms with E-state index in [2.05, 4.69) is 43.7 Å². The fraction of sp³-hybridized carbons (Fsp3) is 0.571. The first kappa shape index (κ1) is 14.4. The number of rotatable bonds is 3. The molecule has 0 aromatic heterocycles. The van der Waals surface area contributed by atoms with Crippen molar-refractivity contribution in [3.8, 4) is 0 Å². The molecule has 0 bridgehead atoms. The smallest absolute Gasteiger partial charge is 0.0975 e. The third-order valence-electron chi connectivity index (χ3n) is 2.74. The van der Waals surface area contributed by atoms with Crippen LogP contribution in [0.5, 0.6) is 0 Å². The number of aryl methyl sites for hydroxylation is 2. The lowest BCUT2D eigenvalue weighted by atomic mass is 10.0. The van der Waals surface area contributed by atoms with Crippen molar-refractivity contribution >= 4 is 11.0 Å². The maximum Gasteiger partial charge on any atom is 0.0975 e. The van der Waals surface area contributed by atoms with Crippen molar-refractivity contribution in [3.05, 3.63) is 34.9 Å². The van der Waals surface area contributed by atoms with Gasteiger partial charge in [-0.05, 0) is 52.7 Å². The fourth-order valence-electron chi connectivity index (χ4n) is 1.63. The summed E-state index contributed by atoms with van der Waals surface area (Å²) in [6.45, 7) is 12.2. The summed E-state index contributed by atoms with van der Waals surface area (Å²) >= 11 is 0. The summed E-state index contributed by atoms with van der Waals surface area (Å²) < 4.78 is 15.0. The molecule has 0 spiro atoms. The largest absolute Gasteiger partial charge is 0.242 e. The normalized spacial score (nSPS) is 15.6. The second-order valence-corrected chi connectivity index (χ2v) is 7.58. The minimum Gasteiger partial charge on any atom is -0.242 e. The summed E-state index contributed by atoms with van der Waals surface area (Å²) in [5, 5.41) is 0. The topological polar surface area (TPSA) is 29.1 Å². The minimum absolute atomic E-state index is 0.106. The van der Waals surface area contributed by atoms with E-state index in [-0.39, 0.29) is 10.8 Å². The predicted octanol–water partition coefficient (Wildman–Crippen LogP) is 3.42. The first-order valence-electron chi connectivity index (χ1n) is 5.97. The molecule has 3 heteroatoms. The Bertz CT molecular complexity index is 421. The van der Waals surface area contributed by atoms with Crippen molar-refractivity contribution in [1.29, 1.82) is 0 Å². The van der Waals surface area contributed by atoms with Gasteiger partial charge in [-0.1, -0.05) is 23.8 Å². The molecule has 0 saturated heterocycles. The van der Waals surface area contributed by atoms with Crippen LogP contribution in [0.1, 0.15) is 50.4 Å². The molecule has 0 amide bonds. The van der Waals surface area contributed by atoms with Crippen molar-refractivity contribution in [2.75, 3.05) is 0 Å². The van der Waals surface area contributed by atoms with E-state index >= 15 is 0 Å². The summed E-state index contributed by atoms with van der Waals surface area (Å²) in [4.78, 5) is 0. The van der Waals surface area contributed by atoms with Crippen LogP contribution in [0.15, 0.2) is 18.2 Å². The molecule has 1 N–H and O–H groups in total. The second kappa shape index (κ2) is 5.32. The predicted molar refractivity (Wildman–Crippen MR) is 75.4 cm³/mol. The minimum atomic E-state index is -1.03. The van der Waals surface area contributed by atoms with E-state index in [9.17, 15) is 4.21 Å². The van der Waals surface area contributed by atoms with Gasteiger partial charge in [-0.2, -0.15) is 0 Å². The van der Waals surface area contributed by atoms with Gasteiger partial charge in [0.15, 0.2) is 0 Å². The number of hydrogen-bond donors (Lipinski definition) is 1. The molecule has 2 atom stereocenters. The van der Waals surface area contributed by atoms with Crippen LogP contribution in [0.25, 0.3) is 0 Å². The lowest BCUT2D eigenvalue weighted by Crippen LogP contribution is -2.35. The van der Waals surface area contributed by atoms with Crippen LogP contribution in [0, 0.1) is 13.8 Å². The highest BCUT2D eigenvalue weighted by Gasteiger charge is 2.22. The van der Waals surface area contributed by atoms with E-state index in [1.165, 1.54) is 16.7 Å². The zero-order valence-corrected chi connectivity index (χ0v) is 12.4. The Hall–Kier alpha value is -0.670. The number of nitrogens with one attached hydrogen (secondary N) is 1. The van der Waals surface area contributed by atoms with Crippen LogP contribution in [-0.4, -0.2) is 8.96 Å². The molecule has 2 nitrogen and oxygen atoms in total. The summed E-state index contributed by atoms with van der Waals surface area (Å²) in [5.41, 5.74) is 3.70. The first-order chi connectivity index (χ1) is 7.71. The molecule has 0 aliphatic carbocycles. The molecule has 1 aromatic carbocycles. The van der Waals surface area contributed by atoms with Crippen LogP contribution in [0.3, 0.4) is 0 Å². The summed E-state index contributed by atoms with van der Waals surface area (Å²) in [5.74, 6) is 0. The Kier molecular flexibility index (Phi) is 4.50. The molecular weight excluding hydrogens is 230 g/mol. The molecule has 96 valence electrons. The molecule has 1 rings (SSSR count). The quantitative estimate of drug-likeness (QED) is 0.878. The Labute approximate surface area is 107 Å². The second-order valence-electron chi connectivity index (χ2n) is 5.58. The van der Waals surface area contributed by atoms with Gasteiger partial charge in [0, 0.05) is 6.04 Å². The molecule has 17 heavy (non-hydrogen) atoms. The van der Waals surface area contributed by atoms with Gasteiger partial charge in [0.05, 0.1) is 15.7 Å². The molecule has 0 saturated carbocycles. The number of hydrogen-bond acceptors (Lipinski definition) is 1. The average molecular weight is 253 g/mol. The Balaban J connectivity index is 2.87. The summed E-state index contributed by atoms with van der Waals surface area (Å²) in [7, 11) is -1.03. The zero-order valence-electron chi connectivity index (χ0n) is 11.6. The third kappa shape index (κ3) is 3.93. The van der Waals surface area contributed by atoms with E-state index in [0.29, 0.717) is 0 Å². The third-order valence-corrected chi connectivity index (χ3v) is 4.42. The highest BCUT2D eigenvalue weighted by atomic mass is 32.2. The van der Waals surface area contributed by atoms with Gasteiger partial charge < -0.3 is 0 Å². The monoisotopic (exact) mass is 253 g/mol. The van der Waals surface area contributed by atoms with Crippen LogP contribution in [0.4, 0.5) is 0 Å². The zero-order chi connectivity index (χ0) is 13.2. The van der Waals surface area contributed by atoms with Crippen LogP contribution in [0.2, 0.25) is 0 Å². The van der Waals surface area contributed by atoms with Crippen molar-refractivity contribution in [2.45, 2.75) is 52.3 Å². The molecule has 1 unspecified atom stereocenters. The van der Waals surface area contributed by atoms with Crippen molar-refractivity contribution in [2.24, 2.45) is 0 Å². The summed E-state index contributed by atoms with van der Waals surface area (Å²) in [6.07, 6.45) is 0. The van der Waals surface area contributed by atoms with Gasteiger partial charge in [0.1, 0.15) is 0 Å². The van der Waals surface area contributed by atoms with E-state index < -0.39 is 11.0 Å². The Morgan fingerprint density at radius 2 is 1.82 bits per heavy atom. The maximum atomic E-state index is 12.0. The fourth-order valence-corrected chi connectivity index (χ4v) is 2.43. The van der Waals surface area contributed by atoms with Gasteiger partial charge in [0.25, 0.3) is 0 Å². The molecule has 0 fully saturated rings. The van der Waals surface area contributed by atoms with Crippen molar-refractivity contribution in [3.63, 3.8) is 0 Å². The van der Waals surface area contributed by atoms with E-state index in [1.54, 1.807) is 0 Å². The van der Waals surface area contributed by atoms with Crippen LogP contribution >= 0.6 is 0 Å². The molecule has 0 aliphatic rings. The summed E-state index contributed by atoms with van der Waals surface area (Å²) in [6, 6.07) is 6.48. The lowest BCUT2D eigenvalue weighted by molar-refractivity contribution is 0.615. The highest BCUT2D eigenvalue weighted by molar-refractivity contribution is 7.84. The van der Waals surface area contributed by atoms with Crippen molar-refractivity contribution < 1.29 is 4.21 Å². The standard InChI is InChI=1S/C14H23NOS/c1-10-7-8-11(2)13(9-10)12(3)15-17(16)14(4,5)6/h7-9,12,15H,1-6H3/t12-,17?/m1/s1. The molecule has 1 aromatic rings. The highest BCUT2D eigenvalue weighted by Crippen LogP contribution is 2.21. The maximum absolute atomic E-state index is 12.0. The van der Waals surface area contributed by atoms with Crippen molar-refractivity contribution in [1.82, 2.24) is 4.72 Å². The van der Waals surface area contributed by atoms with Crippen LogP contribution < -0.4 is 4.72 Å². The van der Waals surface area contributed by atoms with Gasteiger partial charge in [-0.25, -0.2) is 8.93 Å². The van der Waals surface area contributed by atoms with Gasteiger partial charge in [-0.3, -0.25) is 0 Å².